The molecule has 0 aliphatic rings. The third-order valence-electron chi connectivity index (χ3n) is 3.60. The molecule has 2 rings (SSSR count). The maximum Gasteiger partial charge on any atom is 0.245 e. The minimum absolute atomic E-state index is 0.170. The zero-order chi connectivity index (χ0) is 16.8. The Balaban J connectivity index is 2.18. The number of halogens is 1. The van der Waals surface area contributed by atoms with Gasteiger partial charge in [-0.25, -0.2) is 9.07 Å². The van der Waals surface area contributed by atoms with E-state index in [9.17, 15) is 9.18 Å². The zero-order valence-electron chi connectivity index (χ0n) is 13.2. The molecule has 0 aliphatic heterocycles. The number of rotatable bonds is 7. The monoisotopic (exact) mass is 320 g/mol. The van der Waals surface area contributed by atoms with E-state index in [1.807, 2.05) is 6.92 Å². The number of nitrogens with zero attached hydrogens (tertiary/aromatic N) is 4. The van der Waals surface area contributed by atoms with Gasteiger partial charge >= 0.3 is 0 Å². The van der Waals surface area contributed by atoms with Crippen LogP contribution < -0.4 is 11.1 Å². The Morgan fingerprint density at radius 1 is 1.48 bits per heavy atom. The second-order valence-corrected chi connectivity index (χ2v) is 5.61. The molecule has 0 radical (unpaired) electrons. The SMILES string of the molecule is Cc1nnnn1C(Cc1cccc(F)c1)C(=O)NCC(C)CN. The summed E-state index contributed by atoms with van der Waals surface area (Å²) in [6, 6.07) is 5.51. The van der Waals surface area contributed by atoms with E-state index in [2.05, 4.69) is 20.8 Å². The van der Waals surface area contributed by atoms with Crippen LogP contribution in [0.4, 0.5) is 4.39 Å². The quantitative estimate of drug-likeness (QED) is 0.779. The topological polar surface area (TPSA) is 98.7 Å². The van der Waals surface area contributed by atoms with Crippen LogP contribution in [0.2, 0.25) is 0 Å². The van der Waals surface area contributed by atoms with Crippen molar-refractivity contribution in [2.45, 2.75) is 26.3 Å². The average Bonchev–Trinajstić information content (AvgIpc) is 2.95. The van der Waals surface area contributed by atoms with Gasteiger partial charge in [-0.15, -0.1) is 5.10 Å². The predicted molar refractivity (Wildman–Crippen MR) is 82.9 cm³/mol. The summed E-state index contributed by atoms with van der Waals surface area (Å²) in [6.45, 7) is 4.62. The Kier molecular flexibility index (Phi) is 5.75. The number of carbonyl (C=O) groups excluding carboxylic acids is 1. The molecule has 124 valence electrons. The van der Waals surface area contributed by atoms with E-state index >= 15 is 0 Å². The minimum Gasteiger partial charge on any atom is -0.354 e. The van der Waals surface area contributed by atoms with Crippen molar-refractivity contribution in [3.05, 3.63) is 41.5 Å². The molecule has 8 heteroatoms. The normalized spacial score (nSPS) is 13.6. The van der Waals surface area contributed by atoms with Gasteiger partial charge in [0.2, 0.25) is 5.91 Å². The summed E-state index contributed by atoms with van der Waals surface area (Å²) in [4.78, 5) is 12.5. The molecular formula is C15H21FN6O. The molecule has 0 fully saturated rings. The van der Waals surface area contributed by atoms with Crippen molar-refractivity contribution in [1.82, 2.24) is 25.5 Å². The van der Waals surface area contributed by atoms with Crippen molar-refractivity contribution in [2.75, 3.05) is 13.1 Å². The van der Waals surface area contributed by atoms with Gasteiger partial charge in [-0.3, -0.25) is 4.79 Å². The van der Waals surface area contributed by atoms with Gasteiger partial charge < -0.3 is 11.1 Å². The number of hydrogen-bond donors (Lipinski definition) is 2. The van der Waals surface area contributed by atoms with Gasteiger partial charge in [0.25, 0.3) is 0 Å². The summed E-state index contributed by atoms with van der Waals surface area (Å²) in [6.07, 6.45) is 0.298. The summed E-state index contributed by atoms with van der Waals surface area (Å²) in [5.41, 5.74) is 6.26. The minimum atomic E-state index is -0.642. The molecule has 2 aromatic rings. The van der Waals surface area contributed by atoms with Gasteiger partial charge in [0.15, 0.2) is 0 Å². The van der Waals surface area contributed by atoms with Crippen LogP contribution in [-0.2, 0) is 11.2 Å². The van der Waals surface area contributed by atoms with E-state index in [1.54, 1.807) is 19.1 Å². The van der Waals surface area contributed by atoms with E-state index in [-0.39, 0.29) is 17.6 Å². The molecule has 7 nitrogen and oxygen atoms in total. The van der Waals surface area contributed by atoms with E-state index in [0.29, 0.717) is 30.9 Å². The third-order valence-corrected chi connectivity index (χ3v) is 3.60. The van der Waals surface area contributed by atoms with Crippen LogP contribution in [0.25, 0.3) is 0 Å². The number of nitrogens with two attached hydrogens (primary N) is 1. The zero-order valence-corrected chi connectivity index (χ0v) is 13.2. The van der Waals surface area contributed by atoms with Crippen molar-refractivity contribution < 1.29 is 9.18 Å². The third kappa shape index (κ3) is 4.56. The number of aryl methyl sites for hydroxylation is 1. The number of carbonyl (C=O) groups is 1. The highest BCUT2D eigenvalue weighted by atomic mass is 19.1. The molecule has 1 amide bonds. The summed E-state index contributed by atoms with van der Waals surface area (Å²) in [5.74, 6) is 0.133. The van der Waals surface area contributed by atoms with Gasteiger partial charge in [0, 0.05) is 13.0 Å². The lowest BCUT2D eigenvalue weighted by Crippen LogP contribution is -2.38. The molecule has 1 heterocycles. The number of nitrogens with one attached hydrogen (secondary N) is 1. The first-order chi connectivity index (χ1) is 11.0. The summed E-state index contributed by atoms with van der Waals surface area (Å²) >= 11 is 0. The van der Waals surface area contributed by atoms with Crippen molar-refractivity contribution in [1.29, 1.82) is 0 Å². The van der Waals surface area contributed by atoms with Crippen LogP contribution >= 0.6 is 0 Å². The molecule has 0 spiro atoms. The largest absolute Gasteiger partial charge is 0.354 e. The van der Waals surface area contributed by atoms with Crippen LogP contribution in [0, 0.1) is 18.7 Å². The molecule has 2 unspecified atom stereocenters. The van der Waals surface area contributed by atoms with Gasteiger partial charge in [0.1, 0.15) is 17.7 Å². The van der Waals surface area contributed by atoms with E-state index < -0.39 is 6.04 Å². The number of tetrazole rings is 1. The Bertz CT molecular complexity index is 659. The second-order valence-electron chi connectivity index (χ2n) is 5.61. The second kappa shape index (κ2) is 7.77. The van der Waals surface area contributed by atoms with Gasteiger partial charge in [-0.05, 0) is 47.5 Å². The molecule has 1 aromatic heterocycles. The fourth-order valence-electron chi connectivity index (χ4n) is 2.18. The Hall–Kier alpha value is -2.35. The fraction of sp³-hybridized carbons (Fsp3) is 0.467. The molecule has 23 heavy (non-hydrogen) atoms. The van der Waals surface area contributed by atoms with Crippen LogP contribution in [0.5, 0.6) is 0 Å². The highest BCUT2D eigenvalue weighted by molar-refractivity contribution is 5.80. The standard InChI is InChI=1S/C15H21FN6O/c1-10(8-17)9-18-15(23)14(22-11(2)19-20-21-22)7-12-4-3-5-13(16)6-12/h3-6,10,14H,7-9,17H2,1-2H3,(H,18,23). The van der Waals surface area contributed by atoms with Gasteiger partial charge in [0.05, 0.1) is 0 Å². The van der Waals surface area contributed by atoms with Crippen LogP contribution in [-0.4, -0.2) is 39.2 Å². The average molecular weight is 320 g/mol. The molecule has 3 N–H and O–H groups in total. The van der Waals surface area contributed by atoms with E-state index in [1.165, 1.54) is 16.8 Å². The Labute approximate surface area is 134 Å². The summed E-state index contributed by atoms with van der Waals surface area (Å²) < 4.78 is 14.8. The predicted octanol–water partition coefficient (Wildman–Crippen LogP) is 0.615. The first kappa shape index (κ1) is 17.0. The van der Waals surface area contributed by atoms with Crippen molar-refractivity contribution in [3.8, 4) is 0 Å². The fourth-order valence-corrected chi connectivity index (χ4v) is 2.18. The lowest BCUT2D eigenvalue weighted by molar-refractivity contribution is -0.124. The molecule has 1 aromatic carbocycles. The first-order valence-electron chi connectivity index (χ1n) is 7.48. The Morgan fingerprint density at radius 2 is 2.26 bits per heavy atom. The summed E-state index contributed by atoms with van der Waals surface area (Å²) in [5, 5.41) is 14.1. The van der Waals surface area contributed by atoms with Gasteiger partial charge in [-0.1, -0.05) is 19.1 Å². The molecule has 0 aliphatic carbocycles. The maximum absolute atomic E-state index is 13.4. The number of hydrogen-bond acceptors (Lipinski definition) is 5. The smallest absolute Gasteiger partial charge is 0.245 e. The highest BCUT2D eigenvalue weighted by Gasteiger charge is 2.24. The Morgan fingerprint density at radius 3 is 2.87 bits per heavy atom. The lowest BCUT2D eigenvalue weighted by Gasteiger charge is -2.19. The molecular weight excluding hydrogens is 299 g/mol. The molecule has 0 bridgehead atoms. The molecule has 0 saturated heterocycles. The summed E-state index contributed by atoms with van der Waals surface area (Å²) in [7, 11) is 0. The van der Waals surface area contributed by atoms with E-state index in [4.69, 9.17) is 5.73 Å². The lowest BCUT2D eigenvalue weighted by atomic mass is 10.0. The van der Waals surface area contributed by atoms with Gasteiger partial charge in [-0.2, -0.15) is 0 Å². The first-order valence-corrected chi connectivity index (χ1v) is 7.48. The maximum atomic E-state index is 13.4. The van der Waals surface area contributed by atoms with Crippen molar-refractivity contribution in [2.24, 2.45) is 11.7 Å². The van der Waals surface area contributed by atoms with Crippen LogP contribution in [0.15, 0.2) is 24.3 Å². The number of benzene rings is 1. The number of aromatic nitrogens is 4. The highest BCUT2D eigenvalue weighted by Crippen LogP contribution is 2.16. The van der Waals surface area contributed by atoms with Crippen molar-refractivity contribution >= 4 is 5.91 Å². The van der Waals surface area contributed by atoms with E-state index in [0.717, 1.165) is 0 Å². The van der Waals surface area contributed by atoms with Crippen LogP contribution in [0.1, 0.15) is 24.4 Å². The number of amides is 1. The molecule has 2 atom stereocenters. The van der Waals surface area contributed by atoms with Crippen molar-refractivity contribution in [3.63, 3.8) is 0 Å². The molecule has 0 saturated carbocycles. The van der Waals surface area contributed by atoms with Crippen LogP contribution in [0.3, 0.4) is 0 Å².